The molecule has 0 radical (unpaired) electrons. The van der Waals surface area contributed by atoms with E-state index >= 15 is 0 Å². The maximum absolute atomic E-state index is 13.2. The normalized spacial score (nSPS) is 13.6. The number of thioether (sulfide) groups is 1. The summed E-state index contributed by atoms with van der Waals surface area (Å²) in [5, 5.41) is 25.8. The Morgan fingerprint density at radius 3 is 1.68 bits per heavy atom. The molecule has 0 spiro atoms. The Hall–Kier alpha value is -3.80. The SMILES string of the molecule is CSCCC(NC(=O)C(CCC(=O)O)NC(=O)C(CCCN=C(N)N)NC(=O)C(N)CCCN=C(N)N)C(=O)O. The number of carboxylic acid groups (broad SMARTS) is 2. The monoisotopic (exact) mass is 590 g/mol. The fourth-order valence-electron chi connectivity index (χ4n) is 3.28. The van der Waals surface area contributed by atoms with E-state index in [1.165, 1.54) is 11.8 Å². The minimum Gasteiger partial charge on any atom is -0.481 e. The van der Waals surface area contributed by atoms with Crippen LogP contribution in [0.5, 0.6) is 0 Å². The van der Waals surface area contributed by atoms with Gasteiger partial charge in [-0.15, -0.1) is 0 Å². The molecule has 0 saturated carbocycles. The minimum atomic E-state index is -1.38. The highest BCUT2D eigenvalue weighted by Crippen LogP contribution is 2.07. The fourth-order valence-corrected chi connectivity index (χ4v) is 3.75. The van der Waals surface area contributed by atoms with Gasteiger partial charge in [-0.2, -0.15) is 11.8 Å². The van der Waals surface area contributed by atoms with Crippen LogP contribution in [0.4, 0.5) is 0 Å². The van der Waals surface area contributed by atoms with Gasteiger partial charge in [0.15, 0.2) is 11.9 Å². The highest BCUT2D eigenvalue weighted by Gasteiger charge is 2.30. The molecule has 228 valence electrons. The summed E-state index contributed by atoms with van der Waals surface area (Å²) in [5.74, 6) is -4.64. The summed E-state index contributed by atoms with van der Waals surface area (Å²) in [6.07, 6.45) is 2.00. The van der Waals surface area contributed by atoms with Gasteiger partial charge in [-0.1, -0.05) is 0 Å². The Balaban J connectivity index is 5.63. The van der Waals surface area contributed by atoms with Gasteiger partial charge in [0, 0.05) is 19.5 Å². The third kappa shape index (κ3) is 16.9. The number of nitrogens with zero attached hydrogens (tertiary/aromatic N) is 2. The van der Waals surface area contributed by atoms with E-state index in [1.54, 1.807) is 6.26 Å². The molecule has 0 aromatic heterocycles. The van der Waals surface area contributed by atoms with Crippen molar-refractivity contribution >= 4 is 53.3 Å². The summed E-state index contributed by atoms with van der Waals surface area (Å²) in [4.78, 5) is 69.1. The van der Waals surface area contributed by atoms with Crippen LogP contribution in [-0.4, -0.2) is 101 Å². The lowest BCUT2D eigenvalue weighted by Crippen LogP contribution is -2.57. The Morgan fingerprint density at radius 2 is 1.20 bits per heavy atom. The Morgan fingerprint density at radius 1 is 0.725 bits per heavy atom. The number of hydrogen-bond acceptors (Lipinski definition) is 9. The molecule has 0 aromatic rings. The lowest BCUT2D eigenvalue weighted by molar-refractivity contribution is -0.143. The number of hydrogen-bond donors (Lipinski definition) is 10. The van der Waals surface area contributed by atoms with Gasteiger partial charge in [-0.05, 0) is 50.5 Å². The van der Waals surface area contributed by atoms with Crippen molar-refractivity contribution in [1.29, 1.82) is 0 Å². The van der Waals surface area contributed by atoms with Gasteiger partial charge in [0.05, 0.1) is 6.04 Å². The van der Waals surface area contributed by atoms with E-state index in [-0.39, 0.29) is 57.1 Å². The van der Waals surface area contributed by atoms with Crippen molar-refractivity contribution in [3.63, 3.8) is 0 Å². The van der Waals surface area contributed by atoms with Crippen LogP contribution in [0.2, 0.25) is 0 Å². The molecule has 17 nitrogen and oxygen atoms in total. The van der Waals surface area contributed by atoms with E-state index in [0.29, 0.717) is 12.2 Å². The first-order valence-corrected chi connectivity index (χ1v) is 13.9. The van der Waals surface area contributed by atoms with Gasteiger partial charge in [0.25, 0.3) is 0 Å². The highest BCUT2D eigenvalue weighted by atomic mass is 32.2. The first kappa shape index (κ1) is 36.2. The van der Waals surface area contributed by atoms with Crippen molar-refractivity contribution < 1.29 is 34.2 Å². The molecule has 0 bridgehead atoms. The molecule has 4 unspecified atom stereocenters. The molecule has 15 N–H and O–H groups in total. The molecule has 3 amide bonds. The van der Waals surface area contributed by atoms with E-state index in [1.807, 2.05) is 0 Å². The molecule has 0 aliphatic heterocycles. The summed E-state index contributed by atoms with van der Waals surface area (Å²) in [5.41, 5.74) is 27.1. The number of aliphatic imine (C=N–C) groups is 2. The topological polar surface area (TPSA) is 317 Å². The summed E-state index contributed by atoms with van der Waals surface area (Å²) in [6.45, 7) is 0.394. The van der Waals surface area contributed by atoms with E-state index < -0.39 is 60.2 Å². The second kappa shape index (κ2) is 20.2. The standard InChI is InChI=1S/C22H42N10O7S/c1-40-11-8-15(20(38)39)32-19(37)14(6-7-16(33)34)31-18(36)13(5-3-10-29-22(26)27)30-17(35)12(23)4-2-9-28-21(24)25/h12-15H,2-11,23H2,1H3,(H,30,35)(H,31,36)(H,32,37)(H,33,34)(H,38,39)(H4,24,25,28)(H4,26,27,29). The molecule has 0 rings (SSSR count). The maximum Gasteiger partial charge on any atom is 0.326 e. The second-order valence-electron chi connectivity index (χ2n) is 8.74. The van der Waals surface area contributed by atoms with Crippen molar-refractivity contribution in [2.75, 3.05) is 25.1 Å². The van der Waals surface area contributed by atoms with Crippen LogP contribution in [0.25, 0.3) is 0 Å². The lowest BCUT2D eigenvalue weighted by atomic mass is 10.1. The number of nitrogens with two attached hydrogens (primary N) is 5. The number of guanidine groups is 2. The number of carboxylic acids is 2. The van der Waals surface area contributed by atoms with Crippen LogP contribution in [0.1, 0.15) is 44.9 Å². The fraction of sp³-hybridized carbons (Fsp3) is 0.682. The zero-order valence-electron chi connectivity index (χ0n) is 22.5. The van der Waals surface area contributed by atoms with E-state index in [9.17, 15) is 29.1 Å². The van der Waals surface area contributed by atoms with Crippen LogP contribution in [0.15, 0.2) is 9.98 Å². The number of carbonyl (C=O) groups excluding carboxylic acids is 3. The third-order valence-corrected chi connectivity index (χ3v) is 6.03. The molecular formula is C22H42N10O7S. The lowest BCUT2D eigenvalue weighted by Gasteiger charge is -2.25. The molecule has 0 aliphatic carbocycles. The summed E-state index contributed by atoms with van der Waals surface area (Å²) >= 11 is 1.38. The zero-order valence-corrected chi connectivity index (χ0v) is 23.3. The van der Waals surface area contributed by atoms with Crippen LogP contribution in [0, 0.1) is 0 Å². The smallest absolute Gasteiger partial charge is 0.326 e. The molecule has 0 saturated heterocycles. The highest BCUT2D eigenvalue weighted by molar-refractivity contribution is 7.98. The van der Waals surface area contributed by atoms with Crippen molar-refractivity contribution in [2.24, 2.45) is 38.7 Å². The largest absolute Gasteiger partial charge is 0.481 e. The molecular weight excluding hydrogens is 548 g/mol. The molecule has 18 heteroatoms. The van der Waals surface area contributed by atoms with E-state index in [2.05, 4.69) is 25.9 Å². The number of rotatable bonds is 21. The first-order chi connectivity index (χ1) is 18.8. The Kier molecular flexibility index (Phi) is 18.2. The Bertz CT molecular complexity index is 910. The van der Waals surface area contributed by atoms with E-state index in [0.717, 1.165) is 0 Å². The Labute approximate surface area is 236 Å². The minimum absolute atomic E-state index is 0.0494. The molecule has 40 heavy (non-hydrogen) atoms. The predicted octanol–water partition coefficient (Wildman–Crippen LogP) is -3.42. The van der Waals surface area contributed by atoms with Crippen molar-refractivity contribution in [3.8, 4) is 0 Å². The molecule has 0 aromatic carbocycles. The van der Waals surface area contributed by atoms with Crippen molar-refractivity contribution in [2.45, 2.75) is 69.1 Å². The van der Waals surface area contributed by atoms with Gasteiger partial charge in [0.2, 0.25) is 17.7 Å². The van der Waals surface area contributed by atoms with Gasteiger partial charge in [-0.3, -0.25) is 29.2 Å². The van der Waals surface area contributed by atoms with Crippen molar-refractivity contribution in [1.82, 2.24) is 16.0 Å². The predicted molar refractivity (Wildman–Crippen MR) is 151 cm³/mol. The average molecular weight is 591 g/mol. The van der Waals surface area contributed by atoms with Crippen LogP contribution < -0.4 is 44.6 Å². The van der Waals surface area contributed by atoms with Gasteiger partial charge >= 0.3 is 11.9 Å². The average Bonchev–Trinajstić information content (AvgIpc) is 2.87. The number of carbonyl (C=O) groups is 5. The van der Waals surface area contributed by atoms with Crippen molar-refractivity contribution in [3.05, 3.63) is 0 Å². The summed E-state index contributed by atoms with van der Waals surface area (Å²) in [7, 11) is 0. The second-order valence-corrected chi connectivity index (χ2v) is 9.73. The molecule has 0 heterocycles. The van der Waals surface area contributed by atoms with Gasteiger partial charge in [0.1, 0.15) is 18.1 Å². The third-order valence-electron chi connectivity index (χ3n) is 5.39. The summed E-state index contributed by atoms with van der Waals surface area (Å²) < 4.78 is 0. The molecule has 0 aliphatic rings. The van der Waals surface area contributed by atoms with Crippen LogP contribution >= 0.6 is 11.8 Å². The zero-order chi connectivity index (χ0) is 30.7. The summed E-state index contributed by atoms with van der Waals surface area (Å²) in [6, 6.07) is -4.81. The first-order valence-electron chi connectivity index (χ1n) is 12.5. The number of amides is 3. The molecule has 0 fully saturated rings. The van der Waals surface area contributed by atoms with Crippen LogP contribution in [-0.2, 0) is 24.0 Å². The quantitative estimate of drug-likeness (QED) is 0.0354. The van der Waals surface area contributed by atoms with E-state index in [4.69, 9.17) is 33.8 Å². The van der Waals surface area contributed by atoms with Gasteiger partial charge < -0.3 is 54.8 Å². The number of aliphatic carboxylic acids is 2. The number of nitrogens with one attached hydrogen (secondary N) is 3. The van der Waals surface area contributed by atoms with Gasteiger partial charge in [-0.25, -0.2) is 4.79 Å². The van der Waals surface area contributed by atoms with Crippen LogP contribution in [0.3, 0.4) is 0 Å². The maximum atomic E-state index is 13.2. The molecule has 4 atom stereocenters.